The molecule has 3 aromatic rings. The van der Waals surface area contributed by atoms with Gasteiger partial charge in [0.2, 0.25) is 5.13 Å². The summed E-state index contributed by atoms with van der Waals surface area (Å²) in [6.45, 7) is 0.378. The van der Waals surface area contributed by atoms with E-state index in [0.29, 0.717) is 22.8 Å². The van der Waals surface area contributed by atoms with Gasteiger partial charge in [0.05, 0.1) is 5.69 Å². The van der Waals surface area contributed by atoms with Gasteiger partial charge in [-0.2, -0.15) is 8.42 Å². The first-order valence-electron chi connectivity index (χ1n) is 8.46. The summed E-state index contributed by atoms with van der Waals surface area (Å²) in [6.07, 6.45) is 1.56. The second kappa shape index (κ2) is 7.50. The SMILES string of the molecule is O=C(Nc1nnc(S(=O)(=O)N2CCCc3ccccc32)s1)c1cccc(Cl)c1. The Morgan fingerprint density at radius 1 is 1.14 bits per heavy atom. The van der Waals surface area contributed by atoms with Crippen LogP contribution >= 0.6 is 22.9 Å². The van der Waals surface area contributed by atoms with Gasteiger partial charge in [0.15, 0.2) is 0 Å². The highest BCUT2D eigenvalue weighted by Gasteiger charge is 2.32. The Hall–Kier alpha value is -2.49. The van der Waals surface area contributed by atoms with Crippen molar-refractivity contribution in [2.24, 2.45) is 0 Å². The molecule has 1 aliphatic rings. The zero-order valence-electron chi connectivity index (χ0n) is 14.5. The first-order valence-corrected chi connectivity index (χ1v) is 11.1. The van der Waals surface area contributed by atoms with Crippen molar-refractivity contribution in [1.29, 1.82) is 0 Å². The van der Waals surface area contributed by atoms with Crippen LogP contribution in [-0.4, -0.2) is 31.1 Å². The van der Waals surface area contributed by atoms with Crippen LogP contribution in [0.4, 0.5) is 10.8 Å². The van der Waals surface area contributed by atoms with Crippen molar-refractivity contribution < 1.29 is 13.2 Å². The van der Waals surface area contributed by atoms with Crippen molar-refractivity contribution in [3.8, 4) is 0 Å². The summed E-state index contributed by atoms with van der Waals surface area (Å²) in [5, 5.41) is 10.7. The zero-order chi connectivity index (χ0) is 19.7. The van der Waals surface area contributed by atoms with E-state index in [9.17, 15) is 13.2 Å². The minimum absolute atomic E-state index is 0.105. The molecule has 0 radical (unpaired) electrons. The lowest BCUT2D eigenvalue weighted by molar-refractivity contribution is 0.102. The fraction of sp³-hybridized carbons (Fsp3) is 0.167. The van der Waals surface area contributed by atoms with Gasteiger partial charge in [-0.3, -0.25) is 14.4 Å². The van der Waals surface area contributed by atoms with Crippen LogP contribution in [0, 0.1) is 0 Å². The molecule has 144 valence electrons. The van der Waals surface area contributed by atoms with E-state index in [1.165, 1.54) is 10.4 Å². The van der Waals surface area contributed by atoms with Gasteiger partial charge in [-0.05, 0) is 42.7 Å². The van der Waals surface area contributed by atoms with Crippen molar-refractivity contribution in [3.63, 3.8) is 0 Å². The Kier molecular flexibility index (Phi) is 5.05. The molecule has 2 aromatic carbocycles. The number of rotatable bonds is 4. The summed E-state index contributed by atoms with van der Waals surface area (Å²) in [7, 11) is -3.86. The Morgan fingerprint density at radius 2 is 1.96 bits per heavy atom. The van der Waals surface area contributed by atoms with Gasteiger partial charge in [-0.15, -0.1) is 10.2 Å². The second-order valence-electron chi connectivity index (χ2n) is 6.15. The molecular weight excluding hydrogens is 420 g/mol. The van der Waals surface area contributed by atoms with Crippen molar-refractivity contribution in [2.75, 3.05) is 16.2 Å². The molecule has 0 unspecified atom stereocenters. The number of hydrogen-bond donors (Lipinski definition) is 1. The molecule has 1 N–H and O–H groups in total. The van der Waals surface area contributed by atoms with E-state index in [4.69, 9.17) is 11.6 Å². The Balaban J connectivity index is 1.58. The number of benzene rings is 2. The lowest BCUT2D eigenvalue weighted by Crippen LogP contribution is -2.35. The number of carbonyl (C=O) groups is 1. The molecule has 0 saturated carbocycles. The molecule has 1 amide bonds. The fourth-order valence-electron chi connectivity index (χ4n) is 3.01. The van der Waals surface area contributed by atoms with Crippen molar-refractivity contribution in [1.82, 2.24) is 10.2 Å². The van der Waals surface area contributed by atoms with Crippen LogP contribution in [0.25, 0.3) is 0 Å². The Morgan fingerprint density at radius 3 is 2.79 bits per heavy atom. The molecular formula is C18H15ClN4O3S2. The van der Waals surface area contributed by atoms with E-state index >= 15 is 0 Å². The van der Waals surface area contributed by atoms with Gasteiger partial charge < -0.3 is 0 Å². The van der Waals surface area contributed by atoms with E-state index < -0.39 is 15.9 Å². The smallest absolute Gasteiger partial charge is 0.293 e. The van der Waals surface area contributed by atoms with Gasteiger partial charge in [-0.1, -0.05) is 47.2 Å². The first-order chi connectivity index (χ1) is 13.4. The number of carbonyl (C=O) groups excluding carboxylic acids is 1. The highest BCUT2D eigenvalue weighted by Crippen LogP contribution is 2.33. The normalized spacial score (nSPS) is 13.8. The highest BCUT2D eigenvalue weighted by atomic mass is 35.5. The van der Waals surface area contributed by atoms with Crippen molar-refractivity contribution in [2.45, 2.75) is 17.2 Å². The predicted molar refractivity (Wildman–Crippen MR) is 109 cm³/mol. The fourth-order valence-corrected chi connectivity index (χ4v) is 5.74. The van der Waals surface area contributed by atoms with Crippen LogP contribution < -0.4 is 9.62 Å². The minimum Gasteiger partial charge on any atom is -0.296 e. The van der Waals surface area contributed by atoms with E-state index in [2.05, 4.69) is 15.5 Å². The maximum absolute atomic E-state index is 13.1. The third-order valence-electron chi connectivity index (χ3n) is 4.29. The number of fused-ring (bicyclic) bond motifs is 1. The number of para-hydroxylation sites is 1. The predicted octanol–water partition coefficient (Wildman–Crippen LogP) is 3.59. The van der Waals surface area contributed by atoms with Crippen LogP contribution in [-0.2, 0) is 16.4 Å². The molecule has 28 heavy (non-hydrogen) atoms. The Bertz CT molecular complexity index is 1150. The molecule has 0 fully saturated rings. The third-order valence-corrected chi connectivity index (χ3v) is 7.52. The molecule has 0 atom stereocenters. The summed E-state index contributed by atoms with van der Waals surface area (Å²) in [5.74, 6) is -0.439. The zero-order valence-corrected chi connectivity index (χ0v) is 16.9. The van der Waals surface area contributed by atoms with E-state index in [1.54, 1.807) is 24.3 Å². The number of aromatic nitrogens is 2. The maximum atomic E-state index is 13.1. The van der Waals surface area contributed by atoms with Gasteiger partial charge in [-0.25, -0.2) is 0 Å². The topological polar surface area (TPSA) is 92.3 Å². The largest absolute Gasteiger partial charge is 0.296 e. The molecule has 0 saturated heterocycles. The Labute approximate surface area is 171 Å². The summed E-state index contributed by atoms with van der Waals surface area (Å²) in [5.41, 5.74) is 1.99. The van der Waals surface area contributed by atoms with Crippen LogP contribution in [0.5, 0.6) is 0 Å². The van der Waals surface area contributed by atoms with Crippen LogP contribution in [0.15, 0.2) is 52.9 Å². The van der Waals surface area contributed by atoms with Crippen molar-refractivity contribution in [3.05, 3.63) is 64.7 Å². The first kappa shape index (κ1) is 18.9. The maximum Gasteiger partial charge on any atom is 0.293 e. The van der Waals surface area contributed by atoms with Gasteiger partial charge in [0, 0.05) is 17.1 Å². The number of nitrogens with one attached hydrogen (secondary N) is 1. The number of anilines is 2. The number of aryl methyl sites for hydroxylation is 1. The summed E-state index contributed by atoms with van der Waals surface area (Å²) in [6, 6.07) is 13.8. The molecule has 0 aliphatic carbocycles. The average molecular weight is 435 g/mol. The molecule has 10 heteroatoms. The molecule has 7 nitrogen and oxygen atoms in total. The quantitative estimate of drug-likeness (QED) is 0.633. The summed E-state index contributed by atoms with van der Waals surface area (Å²) in [4.78, 5) is 12.3. The van der Waals surface area contributed by atoms with Gasteiger partial charge in [0.25, 0.3) is 20.3 Å². The molecule has 0 spiro atoms. The van der Waals surface area contributed by atoms with E-state index in [0.717, 1.165) is 29.7 Å². The lowest BCUT2D eigenvalue weighted by Gasteiger charge is -2.29. The number of sulfonamides is 1. The second-order valence-corrected chi connectivity index (χ2v) is 9.60. The molecule has 1 aliphatic heterocycles. The number of amides is 1. The molecule has 4 rings (SSSR count). The third kappa shape index (κ3) is 3.60. The van der Waals surface area contributed by atoms with Crippen molar-refractivity contribution >= 4 is 49.7 Å². The lowest BCUT2D eigenvalue weighted by atomic mass is 10.0. The summed E-state index contributed by atoms with van der Waals surface area (Å²) >= 11 is 6.71. The van der Waals surface area contributed by atoms with Gasteiger partial charge >= 0.3 is 0 Å². The van der Waals surface area contributed by atoms with E-state index in [-0.39, 0.29) is 9.47 Å². The van der Waals surface area contributed by atoms with Crippen LogP contribution in [0.3, 0.4) is 0 Å². The molecule has 0 bridgehead atoms. The average Bonchev–Trinajstić information content (AvgIpc) is 3.17. The number of nitrogens with zero attached hydrogens (tertiary/aromatic N) is 3. The van der Waals surface area contributed by atoms with E-state index in [1.807, 2.05) is 18.2 Å². The van der Waals surface area contributed by atoms with Gasteiger partial charge in [0.1, 0.15) is 0 Å². The van der Waals surface area contributed by atoms with Crippen LogP contribution in [0.1, 0.15) is 22.3 Å². The minimum atomic E-state index is -3.86. The number of halogens is 1. The summed E-state index contributed by atoms with van der Waals surface area (Å²) < 4.78 is 27.3. The molecule has 1 aromatic heterocycles. The monoisotopic (exact) mass is 434 g/mol. The highest BCUT2D eigenvalue weighted by molar-refractivity contribution is 7.94. The standard InChI is InChI=1S/C18H15ClN4O3S2/c19-14-8-3-6-13(11-14)16(24)20-17-21-22-18(27-17)28(25,26)23-10-4-7-12-5-1-2-9-15(12)23/h1-3,5-6,8-9,11H,4,7,10H2,(H,20,21,24). The van der Waals surface area contributed by atoms with Crippen LogP contribution in [0.2, 0.25) is 5.02 Å². The molecule has 2 heterocycles. The number of hydrogen-bond acceptors (Lipinski definition) is 6.